The van der Waals surface area contributed by atoms with Crippen molar-refractivity contribution in [3.63, 3.8) is 0 Å². The molecule has 0 bridgehead atoms. The highest BCUT2D eigenvalue weighted by molar-refractivity contribution is 5.94. The molecule has 0 saturated carbocycles. The number of hydrogen-bond acceptors (Lipinski definition) is 4. The van der Waals surface area contributed by atoms with Gasteiger partial charge in [-0.1, -0.05) is 13.3 Å². The summed E-state index contributed by atoms with van der Waals surface area (Å²) in [5, 5.41) is 11.2. The third kappa shape index (κ3) is 2.82. The SMILES string of the molecule is CCC[C@H](NC(=O)c1ocnc1C)C(=O)O. The molecule has 0 aromatic carbocycles. The van der Waals surface area contributed by atoms with E-state index in [0.717, 1.165) is 6.39 Å². The van der Waals surface area contributed by atoms with Crippen molar-refractivity contribution in [3.05, 3.63) is 17.8 Å². The molecule has 0 unspecified atom stereocenters. The molecule has 1 heterocycles. The molecule has 16 heavy (non-hydrogen) atoms. The van der Waals surface area contributed by atoms with Crippen LogP contribution in [0.2, 0.25) is 0 Å². The van der Waals surface area contributed by atoms with Crippen molar-refractivity contribution in [2.75, 3.05) is 0 Å². The van der Waals surface area contributed by atoms with E-state index < -0.39 is 17.9 Å². The fourth-order valence-electron chi connectivity index (χ4n) is 1.29. The highest BCUT2D eigenvalue weighted by Gasteiger charge is 2.22. The van der Waals surface area contributed by atoms with Gasteiger partial charge in [-0.05, 0) is 13.3 Å². The first-order chi connectivity index (χ1) is 7.56. The second-order valence-corrected chi connectivity index (χ2v) is 3.42. The van der Waals surface area contributed by atoms with Crippen LogP contribution in [0.4, 0.5) is 0 Å². The predicted molar refractivity (Wildman–Crippen MR) is 55.0 cm³/mol. The van der Waals surface area contributed by atoms with Crippen LogP contribution in [0.5, 0.6) is 0 Å². The number of rotatable bonds is 5. The van der Waals surface area contributed by atoms with E-state index in [1.54, 1.807) is 6.92 Å². The van der Waals surface area contributed by atoms with Gasteiger partial charge in [0.25, 0.3) is 5.91 Å². The lowest BCUT2D eigenvalue weighted by atomic mass is 10.1. The van der Waals surface area contributed by atoms with Gasteiger partial charge in [-0.25, -0.2) is 9.78 Å². The summed E-state index contributed by atoms with van der Waals surface area (Å²) in [5.74, 6) is -1.54. The van der Waals surface area contributed by atoms with Gasteiger partial charge in [0.15, 0.2) is 6.39 Å². The van der Waals surface area contributed by atoms with Crippen LogP contribution in [-0.2, 0) is 4.79 Å². The normalized spacial score (nSPS) is 12.1. The van der Waals surface area contributed by atoms with Crippen LogP contribution in [0, 0.1) is 6.92 Å². The Morgan fingerprint density at radius 3 is 2.75 bits per heavy atom. The van der Waals surface area contributed by atoms with E-state index in [0.29, 0.717) is 18.5 Å². The van der Waals surface area contributed by atoms with E-state index in [-0.39, 0.29) is 5.76 Å². The molecule has 1 aromatic heterocycles. The Hall–Kier alpha value is -1.85. The van der Waals surface area contributed by atoms with Crippen molar-refractivity contribution < 1.29 is 19.1 Å². The summed E-state index contributed by atoms with van der Waals surface area (Å²) < 4.78 is 4.87. The zero-order valence-electron chi connectivity index (χ0n) is 9.19. The monoisotopic (exact) mass is 226 g/mol. The van der Waals surface area contributed by atoms with Crippen LogP contribution < -0.4 is 5.32 Å². The number of aryl methyl sites for hydroxylation is 1. The lowest BCUT2D eigenvalue weighted by molar-refractivity contribution is -0.139. The highest BCUT2D eigenvalue weighted by Crippen LogP contribution is 2.06. The molecular formula is C10H14N2O4. The molecule has 2 N–H and O–H groups in total. The van der Waals surface area contributed by atoms with Gasteiger partial charge < -0.3 is 14.8 Å². The topological polar surface area (TPSA) is 92.4 Å². The van der Waals surface area contributed by atoms with Crippen molar-refractivity contribution >= 4 is 11.9 Å². The first-order valence-electron chi connectivity index (χ1n) is 5.00. The summed E-state index contributed by atoms with van der Waals surface area (Å²) in [6, 6.07) is -0.887. The summed E-state index contributed by atoms with van der Waals surface area (Å²) in [6.07, 6.45) is 2.21. The average molecular weight is 226 g/mol. The van der Waals surface area contributed by atoms with Gasteiger partial charge in [-0.15, -0.1) is 0 Å². The van der Waals surface area contributed by atoms with Crippen LogP contribution in [0.15, 0.2) is 10.8 Å². The summed E-state index contributed by atoms with van der Waals surface area (Å²) in [6.45, 7) is 3.47. The zero-order valence-corrected chi connectivity index (χ0v) is 9.19. The van der Waals surface area contributed by atoms with Crippen molar-refractivity contribution in [1.29, 1.82) is 0 Å². The maximum Gasteiger partial charge on any atom is 0.326 e. The fourth-order valence-corrected chi connectivity index (χ4v) is 1.29. The Morgan fingerprint density at radius 1 is 1.62 bits per heavy atom. The summed E-state index contributed by atoms with van der Waals surface area (Å²) in [4.78, 5) is 26.2. The van der Waals surface area contributed by atoms with Crippen LogP contribution in [-0.4, -0.2) is 28.0 Å². The van der Waals surface area contributed by atoms with Gasteiger partial charge in [-0.2, -0.15) is 0 Å². The molecule has 0 aliphatic heterocycles. The zero-order chi connectivity index (χ0) is 12.1. The van der Waals surface area contributed by atoms with E-state index in [1.807, 2.05) is 6.92 Å². The van der Waals surface area contributed by atoms with E-state index in [4.69, 9.17) is 9.52 Å². The largest absolute Gasteiger partial charge is 0.480 e. The number of carboxylic acids is 1. The first-order valence-corrected chi connectivity index (χ1v) is 5.00. The molecule has 0 saturated heterocycles. The van der Waals surface area contributed by atoms with Crippen LogP contribution in [0.3, 0.4) is 0 Å². The van der Waals surface area contributed by atoms with Crippen molar-refractivity contribution in [3.8, 4) is 0 Å². The number of carbonyl (C=O) groups excluding carboxylic acids is 1. The summed E-state index contributed by atoms with van der Waals surface area (Å²) in [7, 11) is 0. The number of oxazole rings is 1. The van der Waals surface area contributed by atoms with Crippen molar-refractivity contribution in [1.82, 2.24) is 10.3 Å². The Labute approximate surface area is 92.7 Å². The van der Waals surface area contributed by atoms with Crippen LogP contribution in [0.25, 0.3) is 0 Å². The molecule has 1 amide bonds. The van der Waals surface area contributed by atoms with E-state index in [9.17, 15) is 9.59 Å². The van der Waals surface area contributed by atoms with Gasteiger partial charge in [0, 0.05) is 0 Å². The molecule has 0 fully saturated rings. The molecule has 0 radical (unpaired) electrons. The average Bonchev–Trinajstić information content (AvgIpc) is 2.63. The Morgan fingerprint density at radius 2 is 2.31 bits per heavy atom. The predicted octanol–water partition coefficient (Wildman–Crippen LogP) is 0.966. The maximum atomic E-state index is 11.6. The number of aliphatic carboxylic acids is 1. The molecule has 1 rings (SSSR count). The molecule has 1 atom stereocenters. The summed E-state index contributed by atoms with van der Waals surface area (Å²) >= 11 is 0. The second kappa shape index (κ2) is 5.29. The molecule has 0 aliphatic carbocycles. The Kier molecular flexibility index (Phi) is 4.04. The Balaban J connectivity index is 2.69. The smallest absolute Gasteiger partial charge is 0.326 e. The number of amides is 1. The molecule has 0 spiro atoms. The summed E-state index contributed by atoms with van der Waals surface area (Å²) in [5.41, 5.74) is 0.443. The van der Waals surface area contributed by atoms with Crippen molar-refractivity contribution in [2.24, 2.45) is 0 Å². The first kappa shape index (κ1) is 12.2. The molecule has 88 valence electrons. The number of carbonyl (C=O) groups is 2. The van der Waals surface area contributed by atoms with E-state index in [1.165, 1.54) is 0 Å². The number of hydrogen-bond donors (Lipinski definition) is 2. The van der Waals surface area contributed by atoms with Crippen LogP contribution in [0.1, 0.15) is 36.0 Å². The number of nitrogens with zero attached hydrogens (tertiary/aromatic N) is 1. The van der Waals surface area contributed by atoms with Gasteiger partial charge >= 0.3 is 5.97 Å². The minimum absolute atomic E-state index is 0.0577. The number of carboxylic acid groups (broad SMARTS) is 1. The molecule has 1 aromatic rings. The minimum atomic E-state index is -1.05. The van der Waals surface area contributed by atoms with Crippen molar-refractivity contribution in [2.45, 2.75) is 32.7 Å². The molecular weight excluding hydrogens is 212 g/mol. The van der Waals surface area contributed by atoms with E-state index in [2.05, 4.69) is 10.3 Å². The lowest BCUT2D eigenvalue weighted by Gasteiger charge is -2.12. The third-order valence-electron chi connectivity index (χ3n) is 2.13. The Bertz CT molecular complexity index is 386. The second-order valence-electron chi connectivity index (χ2n) is 3.42. The van der Waals surface area contributed by atoms with Gasteiger partial charge in [0.2, 0.25) is 5.76 Å². The maximum absolute atomic E-state index is 11.6. The van der Waals surface area contributed by atoms with E-state index >= 15 is 0 Å². The molecule has 6 nitrogen and oxygen atoms in total. The number of nitrogens with one attached hydrogen (secondary N) is 1. The van der Waals surface area contributed by atoms with Crippen LogP contribution >= 0.6 is 0 Å². The third-order valence-corrected chi connectivity index (χ3v) is 2.13. The number of aromatic nitrogens is 1. The molecule has 6 heteroatoms. The lowest BCUT2D eigenvalue weighted by Crippen LogP contribution is -2.40. The fraction of sp³-hybridized carbons (Fsp3) is 0.500. The van der Waals surface area contributed by atoms with Gasteiger partial charge in [0.05, 0.1) is 5.69 Å². The van der Waals surface area contributed by atoms with Gasteiger partial charge in [0.1, 0.15) is 6.04 Å². The standard InChI is InChI=1S/C10H14N2O4/c1-3-4-7(10(14)15)12-9(13)8-6(2)11-5-16-8/h5,7H,3-4H2,1-2H3,(H,12,13)(H,14,15)/t7-/m0/s1. The highest BCUT2D eigenvalue weighted by atomic mass is 16.4. The van der Waals surface area contributed by atoms with Gasteiger partial charge in [-0.3, -0.25) is 4.79 Å². The quantitative estimate of drug-likeness (QED) is 0.780. The minimum Gasteiger partial charge on any atom is -0.480 e. The molecule has 0 aliphatic rings.